The molecular formula is C19H24N4O. The van der Waals surface area contributed by atoms with Crippen LogP contribution in [0.5, 0.6) is 0 Å². The van der Waals surface area contributed by atoms with Crippen molar-refractivity contribution in [1.29, 1.82) is 0 Å². The van der Waals surface area contributed by atoms with E-state index in [2.05, 4.69) is 39.4 Å². The van der Waals surface area contributed by atoms with Crippen LogP contribution in [-0.2, 0) is 12.8 Å². The lowest BCUT2D eigenvalue weighted by atomic mass is 10.1. The summed E-state index contributed by atoms with van der Waals surface area (Å²) in [5.41, 5.74) is 4.25. The van der Waals surface area contributed by atoms with Gasteiger partial charge >= 0.3 is 0 Å². The number of H-pyrrole nitrogens is 1. The first-order chi connectivity index (χ1) is 11.8. The summed E-state index contributed by atoms with van der Waals surface area (Å²) in [5.74, 6) is 0.0992. The molecule has 0 spiro atoms. The van der Waals surface area contributed by atoms with E-state index in [-0.39, 0.29) is 5.91 Å². The van der Waals surface area contributed by atoms with Crippen molar-refractivity contribution in [3.8, 4) is 0 Å². The van der Waals surface area contributed by atoms with Gasteiger partial charge in [-0.05, 0) is 37.8 Å². The van der Waals surface area contributed by atoms with Gasteiger partial charge in [0.2, 0.25) is 0 Å². The van der Waals surface area contributed by atoms with E-state index in [0.29, 0.717) is 5.69 Å². The summed E-state index contributed by atoms with van der Waals surface area (Å²) in [6.45, 7) is 3.27. The van der Waals surface area contributed by atoms with Gasteiger partial charge in [-0.3, -0.25) is 9.89 Å². The van der Waals surface area contributed by atoms with E-state index in [9.17, 15) is 4.79 Å². The number of benzene rings is 1. The molecule has 4 rings (SSSR count). The summed E-state index contributed by atoms with van der Waals surface area (Å²) in [6.07, 6.45) is 5.60. The molecule has 1 amide bonds. The van der Waals surface area contributed by atoms with Crippen molar-refractivity contribution in [1.82, 2.24) is 15.1 Å². The van der Waals surface area contributed by atoms with E-state index in [1.165, 1.54) is 29.8 Å². The van der Waals surface area contributed by atoms with E-state index in [1.54, 1.807) is 0 Å². The van der Waals surface area contributed by atoms with Crippen LogP contribution < -0.4 is 4.90 Å². The molecular weight excluding hydrogens is 300 g/mol. The second kappa shape index (κ2) is 6.67. The number of anilines is 1. The molecule has 5 heteroatoms. The monoisotopic (exact) mass is 324 g/mol. The Morgan fingerprint density at radius 1 is 0.958 bits per heavy atom. The topological polar surface area (TPSA) is 52.2 Å². The maximum absolute atomic E-state index is 12.9. The number of hydrogen-bond donors (Lipinski definition) is 1. The number of carbonyl (C=O) groups excluding carboxylic acids is 1. The fourth-order valence-electron chi connectivity index (χ4n) is 3.79. The van der Waals surface area contributed by atoms with Crippen LogP contribution in [0.4, 0.5) is 5.69 Å². The Bertz CT molecular complexity index is 701. The third-order valence-electron chi connectivity index (χ3n) is 5.20. The van der Waals surface area contributed by atoms with Crippen LogP contribution in [0.1, 0.15) is 41.0 Å². The lowest BCUT2D eigenvalue weighted by molar-refractivity contribution is 0.0739. The smallest absolute Gasteiger partial charge is 0.274 e. The molecule has 0 unspecified atom stereocenters. The van der Waals surface area contributed by atoms with Crippen molar-refractivity contribution in [3.63, 3.8) is 0 Å². The number of carbonyl (C=O) groups is 1. The highest BCUT2D eigenvalue weighted by atomic mass is 16.2. The zero-order valence-corrected chi connectivity index (χ0v) is 14.0. The van der Waals surface area contributed by atoms with E-state index in [0.717, 1.165) is 45.4 Å². The molecule has 2 aromatic rings. The third kappa shape index (κ3) is 2.90. The second-order valence-electron chi connectivity index (χ2n) is 6.70. The van der Waals surface area contributed by atoms with Gasteiger partial charge in [0, 0.05) is 43.1 Å². The molecule has 1 aliphatic heterocycles. The molecule has 126 valence electrons. The Balaban J connectivity index is 1.44. The van der Waals surface area contributed by atoms with Gasteiger partial charge in [0.15, 0.2) is 5.69 Å². The number of aromatic nitrogens is 2. The van der Waals surface area contributed by atoms with Crippen LogP contribution in [-0.4, -0.2) is 47.2 Å². The SMILES string of the molecule is O=C(c1n[nH]c2c1CCCCC2)N1CCN(c2ccccc2)CC1. The number of nitrogens with one attached hydrogen (secondary N) is 1. The van der Waals surface area contributed by atoms with Crippen LogP contribution in [0.2, 0.25) is 0 Å². The lowest BCUT2D eigenvalue weighted by Crippen LogP contribution is -2.49. The molecule has 0 radical (unpaired) electrons. The first kappa shape index (κ1) is 15.2. The van der Waals surface area contributed by atoms with Crippen molar-refractivity contribution >= 4 is 11.6 Å². The van der Waals surface area contributed by atoms with Crippen LogP contribution >= 0.6 is 0 Å². The summed E-state index contributed by atoms with van der Waals surface area (Å²) in [6, 6.07) is 10.4. The van der Waals surface area contributed by atoms with Gasteiger partial charge in [0.05, 0.1) is 0 Å². The largest absolute Gasteiger partial charge is 0.368 e. The molecule has 2 heterocycles. The summed E-state index contributed by atoms with van der Waals surface area (Å²) >= 11 is 0. The van der Waals surface area contributed by atoms with Gasteiger partial charge < -0.3 is 9.80 Å². The van der Waals surface area contributed by atoms with Gasteiger partial charge in [-0.25, -0.2) is 0 Å². The Morgan fingerprint density at radius 2 is 1.71 bits per heavy atom. The summed E-state index contributed by atoms with van der Waals surface area (Å²) in [7, 11) is 0. The average Bonchev–Trinajstić information content (AvgIpc) is 2.90. The van der Waals surface area contributed by atoms with Gasteiger partial charge in [-0.1, -0.05) is 24.6 Å². The minimum Gasteiger partial charge on any atom is -0.368 e. The predicted molar refractivity (Wildman–Crippen MR) is 94.4 cm³/mol. The summed E-state index contributed by atoms with van der Waals surface area (Å²) in [4.78, 5) is 17.2. The molecule has 0 saturated carbocycles. The van der Waals surface area contributed by atoms with Gasteiger partial charge in [-0.2, -0.15) is 5.10 Å². The highest BCUT2D eigenvalue weighted by molar-refractivity contribution is 5.94. The molecule has 2 aliphatic rings. The normalized spacial score (nSPS) is 18.2. The Kier molecular flexibility index (Phi) is 4.24. The third-order valence-corrected chi connectivity index (χ3v) is 5.20. The quantitative estimate of drug-likeness (QED) is 0.864. The number of amides is 1. The number of aryl methyl sites for hydroxylation is 1. The van der Waals surface area contributed by atoms with Crippen LogP contribution in [0.15, 0.2) is 30.3 Å². The van der Waals surface area contributed by atoms with Crippen LogP contribution in [0.3, 0.4) is 0 Å². The minimum absolute atomic E-state index is 0.0992. The highest BCUT2D eigenvalue weighted by Crippen LogP contribution is 2.23. The number of piperazine rings is 1. The number of nitrogens with zero attached hydrogens (tertiary/aromatic N) is 3. The molecule has 0 bridgehead atoms. The molecule has 1 fully saturated rings. The maximum atomic E-state index is 12.9. The lowest BCUT2D eigenvalue weighted by Gasteiger charge is -2.36. The Labute approximate surface area is 142 Å². The van der Waals surface area contributed by atoms with Crippen molar-refractivity contribution in [2.24, 2.45) is 0 Å². The molecule has 5 nitrogen and oxygen atoms in total. The predicted octanol–water partition coefficient (Wildman–Crippen LogP) is 2.64. The molecule has 1 saturated heterocycles. The molecule has 0 atom stereocenters. The second-order valence-corrected chi connectivity index (χ2v) is 6.70. The number of hydrogen-bond acceptors (Lipinski definition) is 3. The minimum atomic E-state index is 0.0992. The van der Waals surface area contributed by atoms with Crippen molar-refractivity contribution in [2.45, 2.75) is 32.1 Å². The van der Waals surface area contributed by atoms with E-state index in [1.807, 2.05) is 11.0 Å². The summed E-state index contributed by atoms with van der Waals surface area (Å²) < 4.78 is 0. The van der Waals surface area contributed by atoms with Crippen molar-refractivity contribution in [3.05, 3.63) is 47.3 Å². The van der Waals surface area contributed by atoms with Crippen molar-refractivity contribution < 1.29 is 4.79 Å². The number of para-hydroxylation sites is 1. The molecule has 1 aromatic carbocycles. The zero-order chi connectivity index (χ0) is 16.4. The van der Waals surface area contributed by atoms with Crippen LogP contribution in [0, 0.1) is 0 Å². The first-order valence-corrected chi connectivity index (χ1v) is 8.98. The first-order valence-electron chi connectivity index (χ1n) is 8.98. The number of rotatable bonds is 2. The van der Waals surface area contributed by atoms with E-state index >= 15 is 0 Å². The molecule has 1 N–H and O–H groups in total. The van der Waals surface area contributed by atoms with Gasteiger partial charge in [0.25, 0.3) is 5.91 Å². The van der Waals surface area contributed by atoms with Gasteiger partial charge in [-0.15, -0.1) is 0 Å². The standard InChI is InChI=1S/C19H24N4O/c24-19(18-16-9-5-2-6-10-17(16)20-21-18)23-13-11-22(12-14-23)15-7-3-1-4-8-15/h1,3-4,7-8H,2,5-6,9-14H2,(H,20,21). The Morgan fingerprint density at radius 3 is 2.50 bits per heavy atom. The van der Waals surface area contributed by atoms with E-state index < -0.39 is 0 Å². The zero-order valence-electron chi connectivity index (χ0n) is 14.0. The van der Waals surface area contributed by atoms with Gasteiger partial charge in [0.1, 0.15) is 0 Å². The fraction of sp³-hybridized carbons (Fsp3) is 0.474. The average molecular weight is 324 g/mol. The fourth-order valence-corrected chi connectivity index (χ4v) is 3.79. The van der Waals surface area contributed by atoms with Crippen LogP contribution in [0.25, 0.3) is 0 Å². The number of aromatic amines is 1. The Hall–Kier alpha value is -2.30. The number of fused-ring (bicyclic) bond motifs is 1. The van der Waals surface area contributed by atoms with Crippen molar-refractivity contribution in [2.75, 3.05) is 31.1 Å². The summed E-state index contributed by atoms with van der Waals surface area (Å²) in [5, 5.41) is 7.47. The molecule has 1 aliphatic carbocycles. The maximum Gasteiger partial charge on any atom is 0.274 e. The highest BCUT2D eigenvalue weighted by Gasteiger charge is 2.27. The molecule has 24 heavy (non-hydrogen) atoms. The van der Waals surface area contributed by atoms with E-state index in [4.69, 9.17) is 0 Å². The molecule has 1 aromatic heterocycles.